The molecule has 0 spiro atoms. The molecule has 2 heterocycles. The first kappa shape index (κ1) is 11.3. The molecular weight excluding hydrogens is 228 g/mol. The van der Waals surface area contributed by atoms with Crippen LogP contribution >= 0.6 is 11.8 Å². The zero-order valence-corrected chi connectivity index (χ0v) is 9.55. The van der Waals surface area contributed by atoms with Crippen molar-refractivity contribution < 1.29 is 10.2 Å². The second-order valence-electron chi connectivity index (χ2n) is 3.33. The smallest absolute Gasteiger partial charge is 0.162 e. The van der Waals surface area contributed by atoms with E-state index < -0.39 is 6.10 Å². The predicted octanol–water partition coefficient (Wildman–Crippen LogP) is -0.191. The van der Waals surface area contributed by atoms with E-state index in [9.17, 15) is 5.11 Å². The Hall–Kier alpha value is -1.18. The molecule has 0 amide bonds. The molecule has 7 heteroatoms. The van der Waals surface area contributed by atoms with Gasteiger partial charge in [0.1, 0.15) is 11.4 Å². The fraction of sp³-hybridized carbons (Fsp3) is 0.444. The molecule has 6 nitrogen and oxygen atoms in total. The quantitative estimate of drug-likeness (QED) is 0.569. The molecule has 2 rings (SSSR count). The van der Waals surface area contributed by atoms with Crippen molar-refractivity contribution in [3.8, 4) is 0 Å². The molecule has 0 saturated heterocycles. The standard InChI is InChI=1S/C9H12N4O2S/c1-13-8-7(2-12-13)9(11-5-10-8)16-4-6(15)3-14/h2,5-6,14-15H,3-4H2,1H3. The molecule has 0 aliphatic rings. The number of nitrogens with zero attached hydrogens (tertiary/aromatic N) is 4. The van der Waals surface area contributed by atoms with Crippen molar-refractivity contribution in [1.29, 1.82) is 0 Å². The number of fused-ring (bicyclic) bond motifs is 1. The van der Waals surface area contributed by atoms with Gasteiger partial charge in [0.15, 0.2) is 5.65 Å². The van der Waals surface area contributed by atoms with Crippen molar-refractivity contribution in [1.82, 2.24) is 19.7 Å². The summed E-state index contributed by atoms with van der Waals surface area (Å²) < 4.78 is 1.67. The zero-order chi connectivity index (χ0) is 11.5. The maximum absolute atomic E-state index is 9.26. The number of hydrogen-bond acceptors (Lipinski definition) is 6. The molecule has 2 aromatic heterocycles. The fourth-order valence-corrected chi connectivity index (χ4v) is 2.16. The number of aromatic nitrogens is 4. The first-order valence-electron chi connectivity index (χ1n) is 4.77. The van der Waals surface area contributed by atoms with Gasteiger partial charge in [-0.25, -0.2) is 9.97 Å². The summed E-state index contributed by atoms with van der Waals surface area (Å²) in [4.78, 5) is 8.25. The molecule has 0 bridgehead atoms. The summed E-state index contributed by atoms with van der Waals surface area (Å²) in [7, 11) is 1.81. The molecule has 0 fully saturated rings. The molecule has 0 radical (unpaired) electrons. The lowest BCUT2D eigenvalue weighted by Crippen LogP contribution is -2.14. The first-order valence-corrected chi connectivity index (χ1v) is 5.75. The van der Waals surface area contributed by atoms with Crippen LogP contribution in [0.15, 0.2) is 17.6 Å². The highest BCUT2D eigenvalue weighted by Gasteiger charge is 2.10. The monoisotopic (exact) mass is 240 g/mol. The van der Waals surface area contributed by atoms with E-state index in [1.165, 1.54) is 18.1 Å². The Kier molecular flexibility index (Phi) is 3.37. The zero-order valence-electron chi connectivity index (χ0n) is 8.74. The lowest BCUT2D eigenvalue weighted by Gasteiger charge is -2.05. The van der Waals surface area contributed by atoms with Crippen molar-refractivity contribution in [3.63, 3.8) is 0 Å². The Morgan fingerprint density at radius 3 is 3.06 bits per heavy atom. The van der Waals surface area contributed by atoms with Gasteiger partial charge in [-0.15, -0.1) is 11.8 Å². The van der Waals surface area contributed by atoms with Gasteiger partial charge in [-0.2, -0.15) is 5.10 Å². The summed E-state index contributed by atoms with van der Waals surface area (Å²) in [5.74, 6) is 0.400. The Morgan fingerprint density at radius 2 is 2.31 bits per heavy atom. The van der Waals surface area contributed by atoms with Crippen molar-refractivity contribution in [2.75, 3.05) is 12.4 Å². The molecule has 2 aromatic rings. The van der Waals surface area contributed by atoms with Crippen LogP contribution in [-0.4, -0.2) is 48.4 Å². The number of rotatable bonds is 4. The van der Waals surface area contributed by atoms with Gasteiger partial charge in [0.2, 0.25) is 0 Å². The van der Waals surface area contributed by atoms with Crippen molar-refractivity contribution in [2.45, 2.75) is 11.1 Å². The molecular formula is C9H12N4O2S. The lowest BCUT2D eigenvalue weighted by atomic mass is 10.4. The summed E-state index contributed by atoms with van der Waals surface area (Å²) in [6.45, 7) is -0.242. The summed E-state index contributed by atoms with van der Waals surface area (Å²) in [6, 6.07) is 0. The predicted molar refractivity (Wildman–Crippen MR) is 60.1 cm³/mol. The minimum Gasteiger partial charge on any atom is -0.394 e. The van der Waals surface area contributed by atoms with Crippen LogP contribution in [0.5, 0.6) is 0 Å². The van der Waals surface area contributed by atoms with E-state index in [-0.39, 0.29) is 6.61 Å². The van der Waals surface area contributed by atoms with Crippen LogP contribution in [0.4, 0.5) is 0 Å². The van der Waals surface area contributed by atoms with Crippen LogP contribution in [0.25, 0.3) is 11.0 Å². The summed E-state index contributed by atoms with van der Waals surface area (Å²) >= 11 is 1.38. The Morgan fingerprint density at radius 1 is 1.50 bits per heavy atom. The number of hydrogen-bond donors (Lipinski definition) is 2. The summed E-state index contributed by atoms with van der Waals surface area (Å²) in [6.07, 6.45) is 2.44. The fourth-order valence-electron chi connectivity index (χ4n) is 1.28. The molecule has 0 aliphatic heterocycles. The van der Waals surface area contributed by atoms with E-state index in [1.807, 2.05) is 7.05 Å². The first-order chi connectivity index (χ1) is 7.72. The topological polar surface area (TPSA) is 84.1 Å². The van der Waals surface area contributed by atoms with E-state index in [0.29, 0.717) is 5.75 Å². The van der Waals surface area contributed by atoms with Crippen molar-refractivity contribution in [2.24, 2.45) is 7.05 Å². The molecule has 1 unspecified atom stereocenters. The van der Waals surface area contributed by atoms with Gasteiger partial charge in [0, 0.05) is 12.8 Å². The second-order valence-corrected chi connectivity index (χ2v) is 4.34. The number of aliphatic hydroxyl groups excluding tert-OH is 2. The van der Waals surface area contributed by atoms with Gasteiger partial charge < -0.3 is 10.2 Å². The van der Waals surface area contributed by atoms with E-state index in [4.69, 9.17) is 5.11 Å². The van der Waals surface area contributed by atoms with Crippen LogP contribution < -0.4 is 0 Å². The van der Waals surface area contributed by atoms with Gasteiger partial charge >= 0.3 is 0 Å². The van der Waals surface area contributed by atoms with E-state index >= 15 is 0 Å². The highest BCUT2D eigenvalue weighted by molar-refractivity contribution is 7.99. The molecule has 16 heavy (non-hydrogen) atoms. The minimum atomic E-state index is -0.730. The maximum atomic E-state index is 9.26. The number of aliphatic hydroxyl groups is 2. The Bertz CT molecular complexity index is 487. The minimum absolute atomic E-state index is 0.242. The van der Waals surface area contributed by atoms with Crippen molar-refractivity contribution >= 4 is 22.8 Å². The maximum Gasteiger partial charge on any atom is 0.162 e. The average molecular weight is 240 g/mol. The SMILES string of the molecule is Cn1ncc2c(SCC(O)CO)ncnc21. The van der Waals surface area contributed by atoms with Gasteiger partial charge in [-0.3, -0.25) is 4.68 Å². The van der Waals surface area contributed by atoms with Crippen LogP contribution in [0.1, 0.15) is 0 Å². The van der Waals surface area contributed by atoms with Gasteiger partial charge in [-0.05, 0) is 0 Å². The largest absolute Gasteiger partial charge is 0.394 e. The van der Waals surface area contributed by atoms with Crippen molar-refractivity contribution in [3.05, 3.63) is 12.5 Å². The highest BCUT2D eigenvalue weighted by Crippen LogP contribution is 2.24. The molecule has 0 aromatic carbocycles. The normalized spacial score (nSPS) is 13.2. The third-order valence-corrected chi connectivity index (χ3v) is 3.27. The third kappa shape index (κ3) is 2.16. The summed E-state index contributed by atoms with van der Waals surface area (Å²) in [5, 5.41) is 23.7. The third-order valence-electron chi connectivity index (χ3n) is 2.12. The van der Waals surface area contributed by atoms with E-state index in [2.05, 4.69) is 15.1 Å². The van der Waals surface area contributed by atoms with E-state index in [0.717, 1.165) is 16.1 Å². The van der Waals surface area contributed by atoms with Gasteiger partial charge in [-0.1, -0.05) is 0 Å². The molecule has 0 aliphatic carbocycles. The van der Waals surface area contributed by atoms with Crippen LogP contribution in [-0.2, 0) is 7.05 Å². The van der Waals surface area contributed by atoms with Crippen LogP contribution in [0.2, 0.25) is 0 Å². The lowest BCUT2D eigenvalue weighted by molar-refractivity contribution is 0.113. The average Bonchev–Trinajstić information content (AvgIpc) is 2.69. The van der Waals surface area contributed by atoms with E-state index in [1.54, 1.807) is 10.9 Å². The number of thioether (sulfide) groups is 1. The van der Waals surface area contributed by atoms with Gasteiger partial charge in [0.05, 0.1) is 24.3 Å². The Labute approximate surface area is 96.3 Å². The van der Waals surface area contributed by atoms with Crippen LogP contribution in [0, 0.1) is 0 Å². The molecule has 0 saturated carbocycles. The summed E-state index contributed by atoms with van der Waals surface area (Å²) in [5.41, 5.74) is 0.760. The van der Waals surface area contributed by atoms with Crippen LogP contribution in [0.3, 0.4) is 0 Å². The highest BCUT2D eigenvalue weighted by atomic mass is 32.2. The molecule has 86 valence electrons. The second kappa shape index (κ2) is 4.77. The molecule has 1 atom stereocenters. The Balaban J connectivity index is 2.24. The number of aryl methyl sites for hydroxylation is 1. The molecule has 2 N–H and O–H groups in total. The van der Waals surface area contributed by atoms with Gasteiger partial charge in [0.25, 0.3) is 0 Å².